The van der Waals surface area contributed by atoms with Gasteiger partial charge in [0, 0.05) is 7.05 Å². The summed E-state index contributed by atoms with van der Waals surface area (Å²) in [7, 11) is 1.62. The fourth-order valence-electron chi connectivity index (χ4n) is 1.05. The number of urea groups is 1. The molecule has 1 fully saturated rings. The van der Waals surface area contributed by atoms with Gasteiger partial charge in [0.1, 0.15) is 6.04 Å². The summed E-state index contributed by atoms with van der Waals surface area (Å²) in [6.45, 7) is 1.87. The normalized spacial score (nSPS) is 25.4. The minimum Gasteiger partial charge on any atom is -0.315 e. The summed E-state index contributed by atoms with van der Waals surface area (Å²) in [6, 6.07) is -0.552. The number of carbonyl (C=O) groups is 2. The van der Waals surface area contributed by atoms with Crippen LogP contribution < -0.4 is 5.32 Å². The maximum absolute atomic E-state index is 10.9. The van der Waals surface area contributed by atoms with Gasteiger partial charge in [-0.25, -0.2) is 4.79 Å². The van der Waals surface area contributed by atoms with Crippen molar-refractivity contribution in [1.82, 2.24) is 10.2 Å². The number of hydrogen-bond acceptors (Lipinski definition) is 2. The Kier molecular flexibility index (Phi) is 1.61. The van der Waals surface area contributed by atoms with Gasteiger partial charge >= 0.3 is 6.03 Å². The molecule has 4 nitrogen and oxygen atoms in total. The first kappa shape index (κ1) is 7.05. The molecule has 0 aromatic rings. The molecule has 1 aliphatic heterocycles. The highest BCUT2D eigenvalue weighted by molar-refractivity contribution is 6.03. The van der Waals surface area contributed by atoms with Crippen LogP contribution in [0, 0.1) is 0 Å². The molecule has 1 rings (SSSR count). The summed E-state index contributed by atoms with van der Waals surface area (Å²) in [5.74, 6) is -0.185. The summed E-state index contributed by atoms with van der Waals surface area (Å²) < 4.78 is 0. The number of carbonyl (C=O) groups excluding carboxylic acids is 2. The number of likely N-dealkylation sites (N-methyl/N-ethyl adjacent to an activating group) is 1. The lowest BCUT2D eigenvalue weighted by atomic mass is 10.2. The van der Waals surface area contributed by atoms with E-state index in [1.807, 2.05) is 6.92 Å². The Labute approximate surface area is 59.2 Å². The number of imide groups is 1. The summed E-state index contributed by atoms with van der Waals surface area (Å²) >= 11 is 0. The zero-order valence-corrected chi connectivity index (χ0v) is 6.05. The van der Waals surface area contributed by atoms with Crippen molar-refractivity contribution >= 4 is 11.9 Å². The van der Waals surface area contributed by atoms with E-state index in [1.165, 1.54) is 4.90 Å². The molecule has 0 bridgehead atoms. The van der Waals surface area contributed by atoms with Crippen LogP contribution in [0.2, 0.25) is 0 Å². The van der Waals surface area contributed by atoms with Gasteiger partial charge in [0.15, 0.2) is 0 Å². The molecular weight excluding hydrogens is 132 g/mol. The largest absolute Gasteiger partial charge is 0.324 e. The summed E-state index contributed by atoms with van der Waals surface area (Å²) in [5.41, 5.74) is 0. The van der Waals surface area contributed by atoms with Crippen LogP contribution in [0.25, 0.3) is 0 Å². The van der Waals surface area contributed by atoms with E-state index in [-0.39, 0.29) is 18.0 Å². The maximum Gasteiger partial charge on any atom is 0.324 e. The van der Waals surface area contributed by atoms with Crippen molar-refractivity contribution in [2.24, 2.45) is 0 Å². The van der Waals surface area contributed by atoms with Crippen LogP contribution >= 0.6 is 0 Å². The van der Waals surface area contributed by atoms with Gasteiger partial charge < -0.3 is 4.90 Å². The molecule has 1 aliphatic rings. The van der Waals surface area contributed by atoms with Crippen LogP contribution in [0.15, 0.2) is 0 Å². The molecule has 0 aromatic carbocycles. The van der Waals surface area contributed by atoms with Crippen molar-refractivity contribution in [2.45, 2.75) is 19.4 Å². The molecule has 4 heteroatoms. The highest BCUT2D eigenvalue weighted by atomic mass is 16.2. The SMILES string of the molecule is CCC1C(=O)NC(=O)N1C. The molecule has 0 aliphatic carbocycles. The molecule has 0 saturated carbocycles. The molecule has 1 heterocycles. The Bertz CT molecular complexity index is 179. The van der Waals surface area contributed by atoms with Gasteiger partial charge in [-0.3, -0.25) is 10.1 Å². The molecule has 1 saturated heterocycles. The van der Waals surface area contributed by atoms with Gasteiger partial charge in [0.25, 0.3) is 5.91 Å². The first-order valence-corrected chi connectivity index (χ1v) is 3.24. The van der Waals surface area contributed by atoms with Gasteiger partial charge in [-0.1, -0.05) is 6.92 Å². The number of nitrogens with zero attached hydrogens (tertiary/aromatic N) is 1. The molecule has 3 amide bonds. The number of hydrogen-bond donors (Lipinski definition) is 1. The average molecular weight is 142 g/mol. The first-order chi connectivity index (χ1) is 4.66. The van der Waals surface area contributed by atoms with E-state index in [9.17, 15) is 9.59 Å². The second-order valence-electron chi connectivity index (χ2n) is 2.33. The maximum atomic E-state index is 10.9. The van der Waals surface area contributed by atoms with Crippen LogP contribution in [-0.4, -0.2) is 29.9 Å². The quantitative estimate of drug-likeness (QED) is 0.522. The number of rotatable bonds is 1. The molecule has 1 atom stereocenters. The molecule has 10 heavy (non-hydrogen) atoms. The molecule has 56 valence electrons. The third-order valence-corrected chi connectivity index (χ3v) is 1.71. The fraction of sp³-hybridized carbons (Fsp3) is 0.667. The minimum absolute atomic E-state index is 0.185. The van der Waals surface area contributed by atoms with Crippen molar-refractivity contribution in [3.63, 3.8) is 0 Å². The zero-order valence-electron chi connectivity index (χ0n) is 6.05. The summed E-state index contributed by atoms with van der Waals surface area (Å²) in [6.07, 6.45) is 0.675. The zero-order chi connectivity index (χ0) is 7.72. The third kappa shape index (κ3) is 0.853. The summed E-state index contributed by atoms with van der Waals surface area (Å²) in [4.78, 5) is 23.0. The van der Waals surface area contributed by atoms with E-state index >= 15 is 0 Å². The molecule has 1 unspecified atom stereocenters. The topological polar surface area (TPSA) is 49.4 Å². The predicted octanol–water partition coefficient (Wildman–Crippen LogP) is -0.0534. The standard InChI is InChI=1S/C6H10N2O2/c1-3-4-5(9)7-6(10)8(4)2/h4H,3H2,1-2H3,(H,7,9,10). The third-order valence-electron chi connectivity index (χ3n) is 1.71. The van der Waals surface area contributed by atoms with Crippen LogP contribution in [0.4, 0.5) is 4.79 Å². The summed E-state index contributed by atoms with van der Waals surface area (Å²) in [5, 5.41) is 2.22. The first-order valence-electron chi connectivity index (χ1n) is 3.24. The van der Waals surface area contributed by atoms with Gasteiger partial charge in [0.05, 0.1) is 0 Å². The van der Waals surface area contributed by atoms with E-state index in [2.05, 4.69) is 5.32 Å². The Morgan fingerprint density at radius 1 is 1.60 bits per heavy atom. The Morgan fingerprint density at radius 3 is 2.40 bits per heavy atom. The van der Waals surface area contributed by atoms with Crippen molar-refractivity contribution in [3.8, 4) is 0 Å². The molecule has 0 spiro atoms. The Balaban J connectivity index is 2.73. The fourth-order valence-corrected chi connectivity index (χ4v) is 1.05. The lowest BCUT2D eigenvalue weighted by Crippen LogP contribution is -2.30. The van der Waals surface area contributed by atoms with Crippen molar-refractivity contribution in [3.05, 3.63) is 0 Å². The monoisotopic (exact) mass is 142 g/mol. The second-order valence-corrected chi connectivity index (χ2v) is 2.33. The van der Waals surface area contributed by atoms with E-state index in [1.54, 1.807) is 7.05 Å². The smallest absolute Gasteiger partial charge is 0.315 e. The van der Waals surface area contributed by atoms with E-state index in [4.69, 9.17) is 0 Å². The minimum atomic E-state index is -0.295. The van der Waals surface area contributed by atoms with E-state index in [0.717, 1.165) is 0 Å². The van der Waals surface area contributed by atoms with Crippen LogP contribution in [0.1, 0.15) is 13.3 Å². The van der Waals surface area contributed by atoms with E-state index < -0.39 is 0 Å². The number of amides is 3. The molecule has 1 N–H and O–H groups in total. The van der Waals surface area contributed by atoms with Crippen LogP contribution in [0.3, 0.4) is 0 Å². The lowest BCUT2D eigenvalue weighted by Gasteiger charge is -2.12. The van der Waals surface area contributed by atoms with Gasteiger partial charge in [-0.05, 0) is 6.42 Å². The van der Waals surface area contributed by atoms with Crippen molar-refractivity contribution in [2.75, 3.05) is 7.05 Å². The Hall–Kier alpha value is -1.06. The number of nitrogens with one attached hydrogen (secondary N) is 1. The average Bonchev–Trinajstić information content (AvgIpc) is 2.09. The van der Waals surface area contributed by atoms with Crippen molar-refractivity contribution in [1.29, 1.82) is 0 Å². The van der Waals surface area contributed by atoms with Gasteiger partial charge in [-0.15, -0.1) is 0 Å². The lowest BCUT2D eigenvalue weighted by molar-refractivity contribution is -0.121. The molecule has 0 aromatic heterocycles. The van der Waals surface area contributed by atoms with E-state index in [0.29, 0.717) is 6.42 Å². The van der Waals surface area contributed by atoms with Crippen molar-refractivity contribution < 1.29 is 9.59 Å². The Morgan fingerprint density at radius 2 is 2.20 bits per heavy atom. The van der Waals surface area contributed by atoms with Crippen LogP contribution in [0.5, 0.6) is 0 Å². The van der Waals surface area contributed by atoms with Crippen LogP contribution in [-0.2, 0) is 4.79 Å². The highest BCUT2D eigenvalue weighted by Crippen LogP contribution is 2.07. The highest BCUT2D eigenvalue weighted by Gasteiger charge is 2.33. The molecular formula is C6H10N2O2. The molecule has 0 radical (unpaired) electrons. The second kappa shape index (κ2) is 2.28. The predicted molar refractivity (Wildman–Crippen MR) is 35.4 cm³/mol. The van der Waals surface area contributed by atoms with Gasteiger partial charge in [0.2, 0.25) is 0 Å². The van der Waals surface area contributed by atoms with Gasteiger partial charge in [-0.2, -0.15) is 0 Å².